The number of thioether (sulfide) groups is 1. The summed E-state index contributed by atoms with van der Waals surface area (Å²) in [5.41, 5.74) is -0.488. The Morgan fingerprint density at radius 1 is 1.75 bits per heavy atom. The fourth-order valence-corrected chi connectivity index (χ4v) is 2.73. The van der Waals surface area contributed by atoms with E-state index < -0.39 is 11.5 Å². The largest absolute Gasteiger partial charge is 0.481 e. The third-order valence-corrected chi connectivity index (χ3v) is 3.21. The van der Waals surface area contributed by atoms with E-state index in [1.165, 1.54) is 0 Å². The highest BCUT2D eigenvalue weighted by molar-refractivity contribution is 7.99. The Morgan fingerprint density at radius 3 is 2.92 bits per heavy atom. The SMILES string of the molecule is O=CNC1(CC(=O)O)CCSC1. The van der Waals surface area contributed by atoms with Crippen LogP contribution in [0.3, 0.4) is 0 Å². The summed E-state index contributed by atoms with van der Waals surface area (Å²) in [5.74, 6) is 0.776. The first-order valence-corrected chi connectivity index (χ1v) is 4.85. The minimum absolute atomic E-state index is 0.0265. The van der Waals surface area contributed by atoms with Crippen molar-refractivity contribution in [3.05, 3.63) is 0 Å². The molecule has 0 aliphatic carbocycles. The molecule has 5 heteroatoms. The molecule has 1 aliphatic heterocycles. The lowest BCUT2D eigenvalue weighted by Gasteiger charge is -2.24. The number of nitrogens with one attached hydrogen (secondary N) is 1. The Morgan fingerprint density at radius 2 is 2.50 bits per heavy atom. The van der Waals surface area contributed by atoms with Crippen LogP contribution in [-0.2, 0) is 9.59 Å². The Bertz CT molecular complexity index is 189. The van der Waals surface area contributed by atoms with Gasteiger partial charge in [0.05, 0.1) is 12.0 Å². The molecule has 4 nitrogen and oxygen atoms in total. The number of carboxylic acids is 1. The zero-order valence-electron chi connectivity index (χ0n) is 6.58. The second kappa shape index (κ2) is 3.80. The van der Waals surface area contributed by atoms with Crippen molar-refractivity contribution < 1.29 is 14.7 Å². The highest BCUT2D eigenvalue weighted by Crippen LogP contribution is 2.30. The Balaban J connectivity index is 2.57. The predicted molar refractivity (Wildman–Crippen MR) is 46.1 cm³/mol. The van der Waals surface area contributed by atoms with Crippen LogP contribution in [0.1, 0.15) is 12.8 Å². The second-order valence-corrected chi connectivity index (χ2v) is 4.02. The zero-order valence-corrected chi connectivity index (χ0v) is 7.39. The minimum atomic E-state index is -0.855. The lowest BCUT2D eigenvalue weighted by atomic mass is 9.95. The van der Waals surface area contributed by atoms with Crippen molar-refractivity contribution >= 4 is 24.1 Å². The topological polar surface area (TPSA) is 66.4 Å². The van der Waals surface area contributed by atoms with Crippen LogP contribution in [0.4, 0.5) is 0 Å². The zero-order chi connectivity index (χ0) is 9.03. The molecular formula is C7H11NO3S. The van der Waals surface area contributed by atoms with Gasteiger partial charge in [-0.25, -0.2) is 0 Å². The van der Waals surface area contributed by atoms with E-state index in [1.807, 2.05) is 0 Å². The predicted octanol–water partition coefficient (Wildman–Crippen LogP) is 0.0828. The van der Waals surface area contributed by atoms with Crippen molar-refractivity contribution in [2.75, 3.05) is 11.5 Å². The molecule has 68 valence electrons. The molecule has 0 spiro atoms. The summed E-state index contributed by atoms with van der Waals surface area (Å²) < 4.78 is 0. The molecule has 0 aromatic rings. The van der Waals surface area contributed by atoms with Gasteiger partial charge in [0.2, 0.25) is 6.41 Å². The van der Waals surface area contributed by atoms with Crippen LogP contribution in [0.15, 0.2) is 0 Å². The number of rotatable bonds is 4. The molecule has 1 aliphatic rings. The molecule has 1 amide bonds. The highest BCUT2D eigenvalue weighted by Gasteiger charge is 2.35. The molecule has 0 aromatic heterocycles. The van der Waals surface area contributed by atoms with E-state index in [-0.39, 0.29) is 6.42 Å². The molecule has 0 aromatic carbocycles. The van der Waals surface area contributed by atoms with Gasteiger partial charge in [0.1, 0.15) is 0 Å². The summed E-state index contributed by atoms with van der Waals surface area (Å²) in [6.07, 6.45) is 1.37. The number of carbonyl (C=O) groups is 2. The minimum Gasteiger partial charge on any atom is -0.481 e. The summed E-state index contributed by atoms with van der Waals surface area (Å²) in [5, 5.41) is 11.2. The van der Waals surface area contributed by atoms with Crippen molar-refractivity contribution in [2.24, 2.45) is 0 Å². The lowest BCUT2D eigenvalue weighted by Crippen LogP contribution is -2.46. The second-order valence-electron chi connectivity index (χ2n) is 2.92. The third-order valence-electron chi connectivity index (χ3n) is 1.96. The first-order valence-electron chi connectivity index (χ1n) is 3.69. The van der Waals surface area contributed by atoms with Gasteiger partial charge in [-0.15, -0.1) is 0 Å². The van der Waals surface area contributed by atoms with Crippen LogP contribution in [0.2, 0.25) is 0 Å². The molecule has 0 bridgehead atoms. The first kappa shape index (κ1) is 9.38. The maximum atomic E-state index is 10.5. The van der Waals surface area contributed by atoms with Gasteiger partial charge in [0.15, 0.2) is 0 Å². The fraction of sp³-hybridized carbons (Fsp3) is 0.714. The van der Waals surface area contributed by atoms with E-state index in [0.29, 0.717) is 12.2 Å². The van der Waals surface area contributed by atoms with E-state index in [0.717, 1.165) is 12.2 Å². The molecule has 1 fully saturated rings. The quantitative estimate of drug-likeness (QED) is 0.615. The van der Waals surface area contributed by atoms with Crippen molar-refractivity contribution in [2.45, 2.75) is 18.4 Å². The molecular weight excluding hydrogens is 178 g/mol. The Kier molecular flexibility index (Phi) is 2.97. The molecule has 2 N–H and O–H groups in total. The molecule has 1 unspecified atom stereocenters. The van der Waals surface area contributed by atoms with Gasteiger partial charge in [-0.2, -0.15) is 11.8 Å². The number of carbonyl (C=O) groups excluding carboxylic acids is 1. The molecule has 1 atom stereocenters. The van der Waals surface area contributed by atoms with Gasteiger partial charge in [-0.1, -0.05) is 0 Å². The smallest absolute Gasteiger partial charge is 0.305 e. The summed E-state index contributed by atoms with van der Waals surface area (Å²) in [6.45, 7) is 0. The van der Waals surface area contributed by atoms with Gasteiger partial charge >= 0.3 is 5.97 Å². The van der Waals surface area contributed by atoms with E-state index in [2.05, 4.69) is 5.32 Å². The average molecular weight is 189 g/mol. The van der Waals surface area contributed by atoms with Crippen LogP contribution in [0.5, 0.6) is 0 Å². The average Bonchev–Trinajstić information content (AvgIpc) is 2.36. The highest BCUT2D eigenvalue weighted by atomic mass is 32.2. The molecule has 0 radical (unpaired) electrons. The number of aliphatic carboxylic acids is 1. The normalized spacial score (nSPS) is 28.3. The molecule has 0 saturated carbocycles. The van der Waals surface area contributed by atoms with E-state index >= 15 is 0 Å². The molecule has 1 saturated heterocycles. The summed E-state index contributed by atoms with van der Waals surface area (Å²) >= 11 is 1.68. The van der Waals surface area contributed by atoms with Gasteiger partial charge in [0.25, 0.3) is 0 Å². The third kappa shape index (κ3) is 2.14. The monoisotopic (exact) mass is 189 g/mol. The van der Waals surface area contributed by atoms with E-state index in [1.54, 1.807) is 11.8 Å². The van der Waals surface area contributed by atoms with Crippen LogP contribution >= 0.6 is 11.8 Å². The Hall–Kier alpha value is -0.710. The van der Waals surface area contributed by atoms with Gasteiger partial charge in [-0.3, -0.25) is 9.59 Å². The van der Waals surface area contributed by atoms with E-state index in [4.69, 9.17) is 5.11 Å². The van der Waals surface area contributed by atoms with Gasteiger partial charge in [-0.05, 0) is 12.2 Å². The molecule has 1 heterocycles. The van der Waals surface area contributed by atoms with Crippen LogP contribution in [-0.4, -0.2) is 34.5 Å². The summed E-state index contributed by atoms with van der Waals surface area (Å²) in [4.78, 5) is 20.7. The number of amides is 1. The fourth-order valence-electron chi connectivity index (χ4n) is 1.33. The molecule has 12 heavy (non-hydrogen) atoms. The Labute approximate surface area is 74.7 Å². The van der Waals surface area contributed by atoms with Crippen LogP contribution in [0.25, 0.3) is 0 Å². The van der Waals surface area contributed by atoms with E-state index in [9.17, 15) is 9.59 Å². The van der Waals surface area contributed by atoms with Crippen molar-refractivity contribution in [3.8, 4) is 0 Å². The van der Waals surface area contributed by atoms with Crippen LogP contribution in [0, 0.1) is 0 Å². The van der Waals surface area contributed by atoms with Crippen molar-refractivity contribution in [1.82, 2.24) is 5.32 Å². The molecule has 1 rings (SSSR count). The van der Waals surface area contributed by atoms with Crippen molar-refractivity contribution in [3.63, 3.8) is 0 Å². The number of hydrogen-bond acceptors (Lipinski definition) is 3. The summed E-state index contributed by atoms with van der Waals surface area (Å²) in [6, 6.07) is 0. The van der Waals surface area contributed by atoms with Crippen molar-refractivity contribution in [1.29, 1.82) is 0 Å². The first-order chi connectivity index (χ1) is 5.68. The lowest BCUT2D eigenvalue weighted by molar-refractivity contribution is -0.138. The standard InChI is InChI=1S/C7H11NO3S/c9-5-8-7(3-6(10)11)1-2-12-4-7/h5H,1-4H2,(H,8,9)(H,10,11). The van der Waals surface area contributed by atoms with Gasteiger partial charge < -0.3 is 10.4 Å². The maximum absolute atomic E-state index is 10.5. The number of hydrogen-bond donors (Lipinski definition) is 2. The number of carboxylic acid groups (broad SMARTS) is 1. The maximum Gasteiger partial charge on any atom is 0.305 e. The summed E-state index contributed by atoms with van der Waals surface area (Å²) in [7, 11) is 0. The van der Waals surface area contributed by atoms with Crippen LogP contribution < -0.4 is 5.32 Å². The van der Waals surface area contributed by atoms with Gasteiger partial charge in [0, 0.05) is 5.75 Å².